The Kier molecular flexibility index (Phi) is 811. The maximum atomic E-state index is 10.7. The van der Waals surface area contributed by atoms with Crippen molar-refractivity contribution in [2.75, 3.05) is 69.5 Å². The van der Waals surface area contributed by atoms with E-state index in [0.717, 1.165) is 50.1 Å². The van der Waals surface area contributed by atoms with Gasteiger partial charge in [-0.1, -0.05) is 210 Å². The molecule has 0 spiro atoms. The number of aliphatic hydroxyl groups is 1. The molecule has 1 amide bonds. The Morgan fingerprint density at radius 2 is 0.490 bits per heavy atom. The van der Waals surface area contributed by atoms with E-state index < -0.39 is 0 Å². The molecule has 0 radical (unpaired) electrons. The first kappa shape index (κ1) is 198. The summed E-state index contributed by atoms with van der Waals surface area (Å²) in [5, 5.41) is 8.06. The van der Waals surface area contributed by atoms with Gasteiger partial charge in [-0.05, 0) is 145 Å². The quantitative estimate of drug-likeness (QED) is 0.120. The molecule has 25 nitrogen and oxygen atoms in total. The molecule has 2 aromatic carbocycles. The number of rotatable bonds is 6. The summed E-state index contributed by atoms with van der Waals surface area (Å²) < 4.78 is 0. The lowest BCUT2D eigenvalue weighted by molar-refractivity contribution is -0.129. The summed E-state index contributed by atoms with van der Waals surface area (Å²) in [6.45, 7) is 73.1. The summed E-state index contributed by atoms with van der Waals surface area (Å²) in [4.78, 5) is 101. The van der Waals surface area contributed by atoms with E-state index in [0.29, 0.717) is 0 Å². The lowest BCUT2D eigenvalue weighted by Crippen LogP contribution is -2.33. The second-order valence-electron chi connectivity index (χ2n) is 14.1. The van der Waals surface area contributed by atoms with Gasteiger partial charge in [0.25, 0.3) is 0 Å². The minimum absolute atomic E-state index is 0. The van der Waals surface area contributed by atoms with Crippen LogP contribution in [0.25, 0.3) is 0 Å². The number of benzene rings is 2. The highest BCUT2D eigenvalue weighted by molar-refractivity contribution is 5.73. The van der Waals surface area contributed by atoms with Gasteiger partial charge in [-0.25, -0.2) is 0 Å². The third-order valence-corrected chi connectivity index (χ3v) is 7.36. The van der Waals surface area contributed by atoms with E-state index >= 15 is 0 Å². The molecule has 96 heavy (non-hydrogen) atoms. The van der Waals surface area contributed by atoms with Gasteiger partial charge in [-0.15, -0.1) is 6.58 Å². The van der Waals surface area contributed by atoms with Crippen LogP contribution in [0.4, 0.5) is 0 Å². The number of hydrogen-bond acceptors (Lipinski definition) is 24. The number of likely N-dealkylation sites (tertiary alicyclic amines) is 1. The minimum Gasteiger partial charge on any atom is -0.394 e. The lowest BCUT2D eigenvalue weighted by atomic mass is 10.1. The summed E-state index contributed by atoms with van der Waals surface area (Å²) >= 11 is 0. The third kappa shape index (κ3) is 583. The number of nitrogens with zero attached hydrogens (tertiary/aromatic N) is 1. The topological polar surface area (TPSA) is 541 Å². The van der Waals surface area contributed by atoms with Crippen LogP contribution in [0.5, 0.6) is 0 Å². The molecule has 1 fully saturated rings. The fraction of sp³-hybridized carbons (Fsp3) is 0.634. The van der Waals surface area contributed by atoms with Crippen LogP contribution in [0.1, 0.15) is 208 Å². The van der Waals surface area contributed by atoms with Crippen molar-refractivity contribution in [3.05, 3.63) is 83.9 Å². The predicted octanol–water partition coefficient (Wildman–Crippen LogP) is 12.2. The fourth-order valence-corrected chi connectivity index (χ4v) is 2.64. The second-order valence-corrected chi connectivity index (χ2v) is 14.1. The van der Waals surface area contributed by atoms with E-state index in [1.54, 1.807) is 20.8 Å². The number of allylic oxidation sites excluding steroid dienone is 1. The summed E-state index contributed by atoms with van der Waals surface area (Å²) in [6, 6.07) is 20.9. The summed E-state index contributed by atoms with van der Waals surface area (Å²) in [6.07, 6.45) is 10.8. The van der Waals surface area contributed by atoms with Crippen LogP contribution in [0, 0.1) is 17.8 Å². The first-order valence-electron chi connectivity index (χ1n) is 30.4. The number of aliphatic hydroxyl groups excluding tert-OH is 1. The number of hydrogen-bond donors (Lipinski definition) is 12. The molecular formula is C71H176N12O13. The van der Waals surface area contributed by atoms with Gasteiger partial charge in [0, 0.05) is 26.1 Å². The minimum atomic E-state index is -0.167. The van der Waals surface area contributed by atoms with Crippen LogP contribution in [0.2, 0.25) is 0 Å². The summed E-state index contributed by atoms with van der Waals surface area (Å²) in [7, 11) is 12.0. The van der Waals surface area contributed by atoms with Gasteiger partial charge >= 0.3 is 0 Å². The number of amides is 1. The highest BCUT2D eigenvalue weighted by Crippen LogP contribution is 2.07. The second kappa shape index (κ2) is 393. The zero-order valence-corrected chi connectivity index (χ0v) is 68.9. The van der Waals surface area contributed by atoms with Crippen LogP contribution < -0.4 is 64.3 Å². The molecule has 1 aliphatic rings. The average Bonchev–Trinajstić information content (AvgIpc) is 3.70. The Labute approximate surface area is 597 Å². The Bertz CT molecular complexity index is 1040. The van der Waals surface area contributed by atoms with Crippen molar-refractivity contribution in [3.63, 3.8) is 0 Å². The largest absolute Gasteiger partial charge is 0.394 e. The Morgan fingerprint density at radius 1 is 0.365 bits per heavy atom. The molecule has 0 bridgehead atoms. The van der Waals surface area contributed by atoms with Crippen LogP contribution in [-0.4, -0.2) is 166 Å². The third-order valence-electron chi connectivity index (χ3n) is 7.36. The zero-order chi connectivity index (χ0) is 83.0. The van der Waals surface area contributed by atoms with Crippen molar-refractivity contribution in [1.29, 1.82) is 0 Å². The van der Waals surface area contributed by atoms with Crippen molar-refractivity contribution in [2.45, 2.75) is 216 Å². The predicted molar refractivity (Wildman–Crippen MR) is 434 cm³/mol. The van der Waals surface area contributed by atoms with Crippen molar-refractivity contribution < 1.29 is 62.6 Å². The first-order chi connectivity index (χ1) is 45.0. The van der Waals surface area contributed by atoms with Crippen molar-refractivity contribution in [1.82, 2.24) is 23.4 Å². The lowest BCUT2D eigenvalue weighted by Gasteiger charge is -2.24. The van der Waals surface area contributed by atoms with Gasteiger partial charge in [0.2, 0.25) is 5.91 Å². The molecule has 1 saturated heterocycles. The standard InChI is InChI=1S/2C8H10.C7H13NO.3C5H12.C5H10.C3H8O.3C2H6.8CH5N.11CH2O.3H3N/c2*1-2-8-6-4-3-5-7-8;1-7(9)8-5-3-2-4-6-8;4*1-4-5(2)3;1-3(2)4;22*1-2;;;/h2*3-7H,2H2,1H3;2-6H2,1H3;3*5H,4H2,1-3H3;2,4H2,1,3H3;3-4H,1-2H3;3*1-2H3;8*2H2,1H3;11*1H2;3*1H3. The molecule has 0 unspecified atom stereocenters. The average molecular weight is 1410 g/mol. The molecule has 0 saturated carbocycles. The normalized spacial score (nSPS) is 6.80. The van der Waals surface area contributed by atoms with E-state index in [1.807, 2.05) is 140 Å². The SMILES string of the molecule is C=C(C)CC.C=O.C=O.C=O.C=O.C=O.C=O.C=O.C=O.C=O.C=O.C=O.CC.CC.CC.CC(=O)N1CCCCC1.CC(C)O.CCC(C)C.CCC(C)C.CCC(C)C.CCc1ccccc1.CCc1ccccc1.CN.CN.CN.CN.CN.CN.CN.CN.N.N.N. The van der Waals surface area contributed by atoms with Crippen molar-refractivity contribution >= 4 is 80.6 Å². The van der Waals surface area contributed by atoms with Gasteiger partial charge in [-0.2, -0.15) is 0 Å². The maximum absolute atomic E-state index is 10.7. The van der Waals surface area contributed by atoms with E-state index in [2.05, 4.69) is 184 Å². The number of nitrogens with two attached hydrogens (primary N) is 8. The molecule has 25 heteroatoms. The molecule has 26 N–H and O–H groups in total. The molecule has 0 atom stereocenters. The number of carbonyl (C=O) groups is 12. The van der Waals surface area contributed by atoms with E-state index in [-0.39, 0.29) is 30.5 Å². The van der Waals surface area contributed by atoms with E-state index in [1.165, 1.54) is 112 Å². The summed E-state index contributed by atoms with van der Waals surface area (Å²) in [5.41, 5.74) is 40.1. The van der Waals surface area contributed by atoms with Gasteiger partial charge in [-0.3, -0.25) is 4.79 Å². The Morgan fingerprint density at radius 3 is 0.552 bits per heavy atom. The summed E-state index contributed by atoms with van der Waals surface area (Å²) in [5.74, 6) is 2.88. The highest BCUT2D eigenvalue weighted by atomic mass is 16.3. The highest BCUT2D eigenvalue weighted by Gasteiger charge is 2.11. The Balaban J connectivity index is -0.0000000172. The number of aryl methyl sites for hydroxylation is 2. The van der Waals surface area contributed by atoms with E-state index in [9.17, 15) is 4.79 Å². The number of piperidine rings is 1. The molecule has 1 heterocycles. The van der Waals surface area contributed by atoms with Crippen LogP contribution in [0.15, 0.2) is 72.8 Å². The molecule has 2 aromatic rings. The molecule has 1 aliphatic heterocycles. The number of carbonyl (C=O) groups excluding carboxylic acids is 12. The maximum Gasteiger partial charge on any atom is 0.219 e. The van der Waals surface area contributed by atoms with Gasteiger partial charge in [0.1, 0.15) is 74.7 Å². The zero-order valence-electron chi connectivity index (χ0n) is 68.9. The van der Waals surface area contributed by atoms with Crippen molar-refractivity contribution in [2.24, 2.45) is 63.6 Å². The fourth-order valence-electron chi connectivity index (χ4n) is 2.64. The van der Waals surface area contributed by atoms with Crippen molar-refractivity contribution in [3.8, 4) is 0 Å². The van der Waals surface area contributed by atoms with Crippen LogP contribution in [-0.2, 0) is 70.4 Å². The van der Waals surface area contributed by atoms with Gasteiger partial charge in [0.05, 0.1) is 0 Å². The Hall–Kier alpha value is -6.46. The molecular weight excluding hydrogens is 1230 g/mol. The van der Waals surface area contributed by atoms with E-state index in [4.69, 9.17) is 57.8 Å². The molecule has 3 rings (SSSR count). The van der Waals surface area contributed by atoms with Gasteiger partial charge in [0.15, 0.2) is 0 Å². The van der Waals surface area contributed by atoms with Crippen LogP contribution >= 0.6 is 0 Å². The molecule has 0 aromatic heterocycles. The first-order valence-corrected chi connectivity index (χ1v) is 30.4. The van der Waals surface area contributed by atoms with Crippen LogP contribution in [0.3, 0.4) is 0 Å². The van der Waals surface area contributed by atoms with Gasteiger partial charge < -0.3 is 127 Å². The monoisotopic (exact) mass is 1410 g/mol. The smallest absolute Gasteiger partial charge is 0.219 e. The molecule has 598 valence electrons. The molecule has 0 aliphatic carbocycles.